The Morgan fingerprint density at radius 2 is 1.82 bits per heavy atom. The molecule has 8 heteroatoms. The molecule has 1 heterocycles. The molecule has 0 saturated carbocycles. The summed E-state index contributed by atoms with van der Waals surface area (Å²) in [6.45, 7) is 5.06. The Balaban J connectivity index is 0.00000220. The minimum atomic E-state index is -4.37. The lowest BCUT2D eigenvalue weighted by Crippen LogP contribution is -2.45. The summed E-state index contributed by atoms with van der Waals surface area (Å²) < 4.78 is 39.6. The Labute approximate surface area is 146 Å². The summed E-state index contributed by atoms with van der Waals surface area (Å²) in [5.41, 5.74) is -0.290. The first-order chi connectivity index (χ1) is 9.43. The third-order valence-corrected chi connectivity index (χ3v) is 3.89. The van der Waals surface area contributed by atoms with E-state index in [-0.39, 0.29) is 35.9 Å². The topological polar surface area (TPSA) is 15.3 Å². The summed E-state index contributed by atoms with van der Waals surface area (Å²) in [4.78, 5) is 2.11. The van der Waals surface area contributed by atoms with Gasteiger partial charge in [-0.15, -0.1) is 24.8 Å². The quantitative estimate of drug-likeness (QED) is 0.828. The third-order valence-electron chi connectivity index (χ3n) is 3.66. The molecule has 0 spiro atoms. The van der Waals surface area contributed by atoms with Crippen LogP contribution in [0.5, 0.6) is 0 Å². The number of hydrogen-bond donors (Lipinski definition) is 1. The van der Waals surface area contributed by atoms with Gasteiger partial charge in [-0.2, -0.15) is 13.2 Å². The van der Waals surface area contributed by atoms with Crippen LogP contribution in [0.3, 0.4) is 0 Å². The molecule has 0 aliphatic carbocycles. The predicted molar refractivity (Wildman–Crippen MR) is 88.4 cm³/mol. The molecular formula is C14H20Cl3F3N2. The zero-order valence-electron chi connectivity index (χ0n) is 12.1. The maximum absolute atomic E-state index is 13.2. The Bertz CT molecular complexity index is 463. The van der Waals surface area contributed by atoms with Crippen molar-refractivity contribution in [2.45, 2.75) is 25.6 Å². The molecule has 1 N–H and O–H groups in total. The average molecular weight is 380 g/mol. The van der Waals surface area contributed by atoms with Gasteiger partial charge in [-0.05, 0) is 24.1 Å². The van der Waals surface area contributed by atoms with E-state index in [2.05, 4.69) is 10.2 Å². The van der Waals surface area contributed by atoms with E-state index in [0.717, 1.165) is 32.2 Å². The van der Waals surface area contributed by atoms with E-state index in [4.69, 9.17) is 11.6 Å². The van der Waals surface area contributed by atoms with Gasteiger partial charge < -0.3 is 5.32 Å². The molecule has 1 saturated heterocycles. The van der Waals surface area contributed by atoms with Crippen LogP contribution in [0.15, 0.2) is 18.2 Å². The molecule has 22 heavy (non-hydrogen) atoms. The van der Waals surface area contributed by atoms with E-state index >= 15 is 0 Å². The highest BCUT2D eigenvalue weighted by Crippen LogP contribution is 2.38. The normalized spacial score (nSPS) is 17.3. The molecule has 1 aliphatic heterocycles. The lowest BCUT2D eigenvalue weighted by atomic mass is 9.96. The zero-order chi connectivity index (χ0) is 14.8. The average Bonchev–Trinajstić information content (AvgIpc) is 2.41. The van der Waals surface area contributed by atoms with Gasteiger partial charge in [0.2, 0.25) is 0 Å². The van der Waals surface area contributed by atoms with E-state index < -0.39 is 11.7 Å². The Hall–Kier alpha value is -0.200. The number of nitrogens with one attached hydrogen (secondary N) is 1. The van der Waals surface area contributed by atoms with Crippen molar-refractivity contribution in [3.05, 3.63) is 34.3 Å². The molecule has 0 amide bonds. The van der Waals surface area contributed by atoms with E-state index in [9.17, 15) is 13.2 Å². The number of alkyl halides is 3. The highest BCUT2D eigenvalue weighted by molar-refractivity contribution is 6.30. The van der Waals surface area contributed by atoms with Crippen molar-refractivity contribution in [1.82, 2.24) is 10.2 Å². The van der Waals surface area contributed by atoms with E-state index in [1.54, 1.807) is 0 Å². The molecule has 2 rings (SSSR count). The lowest BCUT2D eigenvalue weighted by molar-refractivity contribution is -0.138. The van der Waals surface area contributed by atoms with Crippen LogP contribution in [-0.2, 0) is 6.18 Å². The fourth-order valence-electron chi connectivity index (χ4n) is 2.73. The van der Waals surface area contributed by atoms with Crippen LogP contribution in [0.4, 0.5) is 13.2 Å². The minimum absolute atomic E-state index is 0. The van der Waals surface area contributed by atoms with Crippen LogP contribution in [0, 0.1) is 0 Å². The van der Waals surface area contributed by atoms with Crippen molar-refractivity contribution in [1.29, 1.82) is 0 Å². The molecular weight excluding hydrogens is 360 g/mol. The number of benzene rings is 1. The monoisotopic (exact) mass is 378 g/mol. The van der Waals surface area contributed by atoms with Crippen LogP contribution in [0.25, 0.3) is 0 Å². The number of piperazine rings is 1. The van der Waals surface area contributed by atoms with Gasteiger partial charge in [0.1, 0.15) is 0 Å². The SMILES string of the molecule is CC[C@@H](c1ccc(Cl)cc1C(F)(F)F)N1CCNCC1.Cl.Cl. The van der Waals surface area contributed by atoms with Gasteiger partial charge in [-0.25, -0.2) is 0 Å². The van der Waals surface area contributed by atoms with Gasteiger partial charge in [-0.3, -0.25) is 4.90 Å². The van der Waals surface area contributed by atoms with E-state index in [1.807, 2.05) is 6.92 Å². The van der Waals surface area contributed by atoms with Gasteiger partial charge in [0.05, 0.1) is 5.56 Å². The van der Waals surface area contributed by atoms with Gasteiger partial charge >= 0.3 is 6.18 Å². The third kappa shape index (κ3) is 5.17. The molecule has 1 atom stereocenters. The second kappa shape index (κ2) is 9.18. The highest BCUT2D eigenvalue weighted by Gasteiger charge is 2.36. The van der Waals surface area contributed by atoms with Crippen LogP contribution in [-0.4, -0.2) is 31.1 Å². The lowest BCUT2D eigenvalue weighted by Gasteiger charge is -2.35. The summed E-state index contributed by atoms with van der Waals surface area (Å²) in [5, 5.41) is 3.34. The molecule has 0 radical (unpaired) electrons. The molecule has 0 bridgehead atoms. The molecule has 1 aromatic rings. The second-order valence-electron chi connectivity index (χ2n) is 4.94. The number of nitrogens with zero attached hydrogens (tertiary/aromatic N) is 1. The summed E-state index contributed by atoms with van der Waals surface area (Å²) in [5.74, 6) is 0. The molecule has 128 valence electrons. The maximum atomic E-state index is 13.2. The fourth-order valence-corrected chi connectivity index (χ4v) is 2.91. The maximum Gasteiger partial charge on any atom is 0.416 e. The van der Waals surface area contributed by atoms with Crippen LogP contribution < -0.4 is 5.32 Å². The van der Waals surface area contributed by atoms with E-state index in [1.165, 1.54) is 12.1 Å². The summed E-state index contributed by atoms with van der Waals surface area (Å²) in [7, 11) is 0. The first-order valence-corrected chi connectivity index (χ1v) is 7.12. The summed E-state index contributed by atoms with van der Waals surface area (Å²) in [6.07, 6.45) is -3.73. The van der Waals surface area contributed by atoms with Crippen LogP contribution in [0.2, 0.25) is 5.02 Å². The van der Waals surface area contributed by atoms with Crippen molar-refractivity contribution in [2.24, 2.45) is 0 Å². The van der Waals surface area contributed by atoms with Crippen molar-refractivity contribution in [3.8, 4) is 0 Å². The summed E-state index contributed by atoms with van der Waals surface area (Å²) >= 11 is 5.73. The van der Waals surface area contributed by atoms with Gasteiger partial charge in [0.25, 0.3) is 0 Å². The highest BCUT2D eigenvalue weighted by atomic mass is 35.5. The molecule has 1 aliphatic rings. The Morgan fingerprint density at radius 1 is 1.23 bits per heavy atom. The first-order valence-electron chi connectivity index (χ1n) is 6.75. The standard InChI is InChI=1S/C14H18ClF3N2.2ClH/c1-2-13(20-7-5-19-6-8-20)11-4-3-10(15)9-12(11)14(16,17)18;;/h3-4,9,13,19H,2,5-8H2,1H3;2*1H/t13-;;/m0../s1. The van der Waals surface area contributed by atoms with Crippen molar-refractivity contribution < 1.29 is 13.2 Å². The van der Waals surface area contributed by atoms with Gasteiger partial charge in [0, 0.05) is 37.2 Å². The first kappa shape index (κ1) is 21.8. The van der Waals surface area contributed by atoms with Gasteiger partial charge in [0.15, 0.2) is 0 Å². The van der Waals surface area contributed by atoms with Crippen molar-refractivity contribution >= 4 is 36.4 Å². The predicted octanol–water partition coefficient (Wildman–Crippen LogP) is 4.56. The van der Waals surface area contributed by atoms with Crippen LogP contribution in [0.1, 0.15) is 30.5 Å². The number of halogens is 6. The van der Waals surface area contributed by atoms with Gasteiger partial charge in [-0.1, -0.05) is 24.6 Å². The largest absolute Gasteiger partial charge is 0.416 e. The van der Waals surface area contributed by atoms with E-state index in [0.29, 0.717) is 12.0 Å². The second-order valence-corrected chi connectivity index (χ2v) is 5.38. The molecule has 2 nitrogen and oxygen atoms in total. The molecule has 0 aromatic heterocycles. The Kier molecular flexibility index (Phi) is 9.10. The smallest absolute Gasteiger partial charge is 0.314 e. The minimum Gasteiger partial charge on any atom is -0.314 e. The molecule has 1 fully saturated rings. The van der Waals surface area contributed by atoms with Crippen LogP contribution >= 0.6 is 36.4 Å². The zero-order valence-corrected chi connectivity index (χ0v) is 14.5. The number of hydrogen-bond acceptors (Lipinski definition) is 2. The molecule has 0 unspecified atom stereocenters. The fraction of sp³-hybridized carbons (Fsp3) is 0.571. The summed E-state index contributed by atoms with van der Waals surface area (Å²) in [6, 6.07) is 3.87. The van der Waals surface area contributed by atoms with Crippen molar-refractivity contribution in [2.75, 3.05) is 26.2 Å². The Morgan fingerprint density at radius 3 is 2.32 bits per heavy atom. The van der Waals surface area contributed by atoms with Crippen molar-refractivity contribution in [3.63, 3.8) is 0 Å². The molecule has 1 aromatic carbocycles. The number of rotatable bonds is 3.